The van der Waals surface area contributed by atoms with Gasteiger partial charge in [-0.25, -0.2) is 9.13 Å². The minimum Gasteiger partial charge on any atom is -0.471 e. The van der Waals surface area contributed by atoms with Gasteiger partial charge in [-0.15, -0.1) is 0 Å². The Morgan fingerprint density at radius 2 is 1.12 bits per heavy atom. The molecule has 0 amide bonds. The average molecular weight is 545 g/mol. The van der Waals surface area contributed by atoms with E-state index in [1.807, 2.05) is 0 Å². The van der Waals surface area contributed by atoms with Gasteiger partial charge in [0.25, 0.3) is 11.9 Å². The molecule has 0 spiro atoms. The molecule has 0 saturated carbocycles. The zero-order valence-electron chi connectivity index (χ0n) is 25.8. The van der Waals surface area contributed by atoms with Crippen molar-refractivity contribution in [3.05, 3.63) is 71.0 Å². The molecule has 0 radical (unpaired) electrons. The van der Waals surface area contributed by atoms with E-state index in [4.69, 9.17) is 9.47 Å². The molecule has 214 valence electrons. The minimum absolute atomic E-state index is 0.286. The van der Waals surface area contributed by atoms with E-state index >= 15 is 0 Å². The van der Waals surface area contributed by atoms with Gasteiger partial charge in [-0.3, -0.25) is 9.59 Å². The molecule has 1 aromatic heterocycles. The van der Waals surface area contributed by atoms with Crippen molar-refractivity contribution >= 4 is 24.4 Å². The lowest BCUT2D eigenvalue weighted by Gasteiger charge is -2.22. The first-order chi connectivity index (χ1) is 19.0. The molecular formula is C33H45BN2O4. The first-order valence-electron chi connectivity index (χ1n) is 14.7. The maximum Gasteiger partial charge on any atom is 0.271 e. The van der Waals surface area contributed by atoms with Gasteiger partial charge in [0.05, 0.1) is 19.9 Å². The van der Waals surface area contributed by atoms with E-state index in [1.165, 1.54) is 36.5 Å². The fraction of sp³-hybridized carbons (Fsp3) is 0.485. The average Bonchev–Trinajstić information content (AvgIpc) is 3.52. The molecule has 2 atom stereocenters. The molecule has 0 unspecified atom stereocenters. The summed E-state index contributed by atoms with van der Waals surface area (Å²) in [6.07, 6.45) is 4.25. The van der Waals surface area contributed by atoms with Crippen LogP contribution in [0.4, 0.5) is 0 Å². The lowest BCUT2D eigenvalue weighted by Crippen LogP contribution is -2.54. The van der Waals surface area contributed by atoms with Crippen LogP contribution < -0.4 is 10.3 Å². The lowest BCUT2D eigenvalue weighted by molar-refractivity contribution is -0.577. The maximum absolute atomic E-state index is 13.1. The Labute approximate surface area is 239 Å². The predicted octanol–water partition coefficient (Wildman–Crippen LogP) is 5.78. The molecule has 0 N–H and O–H groups in total. The summed E-state index contributed by atoms with van der Waals surface area (Å²) >= 11 is 0. The largest absolute Gasteiger partial charge is 0.471 e. The van der Waals surface area contributed by atoms with Crippen molar-refractivity contribution in [2.75, 3.05) is 14.2 Å². The molecule has 7 heteroatoms. The first-order valence-corrected chi connectivity index (χ1v) is 14.7. The molecule has 3 aromatic rings. The molecule has 2 heterocycles. The second-order valence-electron chi connectivity index (χ2n) is 12.5. The molecule has 6 nitrogen and oxygen atoms in total. The minimum atomic E-state index is -1.51. The normalized spacial score (nSPS) is 18.6. The molecule has 1 saturated heterocycles. The Morgan fingerprint density at radius 3 is 1.50 bits per heavy atom. The smallest absolute Gasteiger partial charge is 0.271 e. The van der Waals surface area contributed by atoms with Gasteiger partial charge in [0.2, 0.25) is 0 Å². The van der Waals surface area contributed by atoms with Crippen LogP contribution in [0, 0.1) is 0 Å². The van der Waals surface area contributed by atoms with Gasteiger partial charge in [-0.05, 0) is 23.7 Å². The number of esters is 2. The maximum atomic E-state index is 13.1. The highest BCUT2D eigenvalue weighted by Gasteiger charge is 2.58. The van der Waals surface area contributed by atoms with E-state index in [2.05, 4.69) is 113 Å². The van der Waals surface area contributed by atoms with E-state index in [0.717, 1.165) is 17.1 Å². The van der Waals surface area contributed by atoms with Crippen molar-refractivity contribution in [1.29, 1.82) is 0 Å². The molecule has 40 heavy (non-hydrogen) atoms. The summed E-state index contributed by atoms with van der Waals surface area (Å²) in [4.78, 5) is 26.2. The highest BCUT2D eigenvalue weighted by Crippen LogP contribution is 2.51. The van der Waals surface area contributed by atoms with Crippen LogP contribution in [0.15, 0.2) is 48.8 Å². The molecule has 2 aromatic carbocycles. The lowest BCUT2D eigenvalue weighted by atomic mass is 9.63. The first kappa shape index (κ1) is 29.6. The van der Waals surface area contributed by atoms with Crippen LogP contribution in [0.1, 0.15) is 101 Å². The van der Waals surface area contributed by atoms with E-state index in [-0.39, 0.29) is 35.6 Å². The number of hydrogen-bond acceptors (Lipinski definition) is 4. The number of imidazole rings is 1. The van der Waals surface area contributed by atoms with Crippen molar-refractivity contribution in [2.24, 2.45) is 0 Å². The van der Waals surface area contributed by atoms with Crippen LogP contribution >= 0.6 is 0 Å². The molecule has 1 aliphatic heterocycles. The van der Waals surface area contributed by atoms with Crippen LogP contribution in [-0.2, 0) is 19.1 Å². The van der Waals surface area contributed by atoms with E-state index in [0.29, 0.717) is 0 Å². The van der Waals surface area contributed by atoms with E-state index < -0.39 is 18.3 Å². The van der Waals surface area contributed by atoms with Gasteiger partial charge in [0.15, 0.2) is 0 Å². The number of benzene rings is 2. The van der Waals surface area contributed by atoms with E-state index in [9.17, 15) is 9.59 Å². The highest BCUT2D eigenvalue weighted by molar-refractivity contribution is 6.91. The predicted molar refractivity (Wildman–Crippen MR) is 162 cm³/mol. The monoisotopic (exact) mass is 544 g/mol. The molecule has 4 rings (SSSR count). The Hall–Kier alpha value is -3.35. The second kappa shape index (κ2) is 11.6. The van der Waals surface area contributed by atoms with E-state index in [1.54, 1.807) is 0 Å². The van der Waals surface area contributed by atoms with Gasteiger partial charge < -0.3 is 9.47 Å². The molecule has 1 aliphatic rings. The number of rotatable bonds is 9. The third-order valence-electron chi connectivity index (χ3n) is 8.69. The molecular weight excluding hydrogens is 499 g/mol. The summed E-state index contributed by atoms with van der Waals surface area (Å²) in [6, 6.07) is 13.0. The number of aromatic nitrogens is 2. The number of carbonyl (C=O) groups excluding carboxylic acids is 2. The quantitative estimate of drug-likeness (QED) is 0.195. The van der Waals surface area contributed by atoms with Gasteiger partial charge in [-0.1, -0.05) is 103 Å². The van der Waals surface area contributed by atoms with Crippen molar-refractivity contribution in [1.82, 2.24) is 4.57 Å². The summed E-state index contributed by atoms with van der Waals surface area (Å²) in [5.41, 5.74) is 8.21. The van der Waals surface area contributed by atoms with Crippen molar-refractivity contribution in [2.45, 2.75) is 90.7 Å². The zero-order chi connectivity index (χ0) is 29.5. The summed E-state index contributed by atoms with van der Waals surface area (Å²) < 4.78 is 15.0. The zero-order valence-corrected chi connectivity index (χ0v) is 25.8. The van der Waals surface area contributed by atoms with Gasteiger partial charge >= 0.3 is 0 Å². The van der Waals surface area contributed by atoms with Crippen molar-refractivity contribution < 1.29 is 23.6 Å². The van der Waals surface area contributed by atoms with Crippen molar-refractivity contribution in [3.63, 3.8) is 0 Å². The highest BCUT2D eigenvalue weighted by atomic mass is 16.5. The number of carbonyl (C=O) groups is 2. The van der Waals surface area contributed by atoms with Crippen LogP contribution in [0.2, 0.25) is 11.6 Å². The number of para-hydroxylation sites is 2. The van der Waals surface area contributed by atoms with Crippen LogP contribution in [-0.4, -0.2) is 37.4 Å². The van der Waals surface area contributed by atoms with Crippen LogP contribution in [0.5, 0.6) is 0 Å². The standard InChI is InChI=1S/C33H45BN2O4/c1-19(2)23-13-11-14-24(20(3)4)29(23)35-17-18-36(30-25(21(5)6)15-12-16-26(30)22(7)8)33(35)34-27(31(37)39-9)28(34)32(38)40-10/h11-22,27-28,34H,1-10H3/t27-,28-/m0/s1. The molecule has 0 aliphatic carbocycles. The SMILES string of the molecule is COC(=O)[C@H]1[BH-](c2n(-c3c(C(C)C)cccc3C(C)C)cc[n+]2-c2c(C(C)C)cccc2C(C)C)[C@@H]1C(=O)OC. The van der Waals surface area contributed by atoms with Crippen molar-refractivity contribution in [3.8, 4) is 11.4 Å². The van der Waals surface area contributed by atoms with Crippen LogP contribution in [0.25, 0.3) is 11.4 Å². The summed E-state index contributed by atoms with van der Waals surface area (Å²) in [5, 5.41) is 0. The van der Waals surface area contributed by atoms with Gasteiger partial charge in [0, 0.05) is 22.3 Å². The Balaban J connectivity index is 2.14. The summed E-state index contributed by atoms with van der Waals surface area (Å²) in [6.45, 7) is 16.2. The Kier molecular flexibility index (Phi) is 8.62. The topological polar surface area (TPSA) is 61.4 Å². The number of methoxy groups -OCH3 is 2. The fourth-order valence-electron chi connectivity index (χ4n) is 6.58. The van der Waals surface area contributed by atoms with Gasteiger partial charge in [0.1, 0.15) is 30.5 Å². The molecule has 0 bridgehead atoms. The molecule has 1 fully saturated rings. The third kappa shape index (κ3) is 5.11. The number of nitrogens with zero attached hydrogens (tertiary/aromatic N) is 2. The third-order valence-corrected chi connectivity index (χ3v) is 8.69. The summed E-state index contributed by atoms with van der Waals surface area (Å²) in [7, 11) is 2.79. The Morgan fingerprint density at radius 1 is 0.725 bits per heavy atom. The number of ether oxygens (including phenoxy) is 2. The van der Waals surface area contributed by atoms with Gasteiger partial charge in [-0.2, -0.15) is 0 Å². The second-order valence-corrected chi connectivity index (χ2v) is 12.5. The Bertz CT molecular complexity index is 1250. The number of hydrogen-bond donors (Lipinski definition) is 0. The summed E-state index contributed by atoms with van der Waals surface area (Å²) in [5.74, 6) is -0.613. The van der Waals surface area contributed by atoms with Crippen LogP contribution in [0.3, 0.4) is 0 Å². The fourth-order valence-corrected chi connectivity index (χ4v) is 6.58.